The van der Waals surface area contributed by atoms with Crippen LogP contribution in [0.2, 0.25) is 0 Å². The number of carboxylic acids is 1. The molecule has 0 aromatic carbocycles. The third kappa shape index (κ3) is 6.51. The molecule has 0 aromatic heterocycles. The molecule has 0 spiro atoms. The van der Waals surface area contributed by atoms with Gasteiger partial charge in [0, 0.05) is 18.9 Å². The monoisotopic (exact) mass is 285 g/mol. The second kappa shape index (κ2) is 8.52. The zero-order valence-electron chi connectivity index (χ0n) is 11.6. The van der Waals surface area contributed by atoms with E-state index in [4.69, 9.17) is 10.8 Å². The SMILES string of the molecule is NC(=O)CC[C@H](NC(=O)CCC1CCCCN1)C(=O)O. The third-order valence-electron chi connectivity index (χ3n) is 3.44. The van der Waals surface area contributed by atoms with E-state index < -0.39 is 17.9 Å². The molecule has 1 rings (SSSR count). The molecule has 7 heteroatoms. The van der Waals surface area contributed by atoms with E-state index in [1.165, 1.54) is 0 Å². The van der Waals surface area contributed by atoms with Crippen LogP contribution >= 0.6 is 0 Å². The second-order valence-electron chi connectivity index (χ2n) is 5.15. The fourth-order valence-electron chi connectivity index (χ4n) is 2.29. The van der Waals surface area contributed by atoms with Gasteiger partial charge >= 0.3 is 5.97 Å². The topological polar surface area (TPSA) is 122 Å². The molecule has 114 valence electrons. The lowest BCUT2D eigenvalue weighted by molar-refractivity contribution is -0.142. The molecule has 0 aliphatic carbocycles. The Morgan fingerprint density at radius 1 is 1.30 bits per heavy atom. The average molecular weight is 285 g/mol. The highest BCUT2D eigenvalue weighted by Gasteiger charge is 2.21. The summed E-state index contributed by atoms with van der Waals surface area (Å²) in [5.41, 5.74) is 4.98. The van der Waals surface area contributed by atoms with E-state index in [1.807, 2.05) is 0 Å². The van der Waals surface area contributed by atoms with E-state index in [0.29, 0.717) is 12.5 Å². The van der Waals surface area contributed by atoms with Crippen LogP contribution in [0.5, 0.6) is 0 Å². The first-order chi connectivity index (χ1) is 9.49. The number of carbonyl (C=O) groups excluding carboxylic acids is 2. The van der Waals surface area contributed by atoms with Crippen LogP contribution in [-0.4, -0.2) is 41.5 Å². The molecule has 1 saturated heterocycles. The molecule has 0 aromatic rings. The summed E-state index contributed by atoms with van der Waals surface area (Å²) < 4.78 is 0. The number of nitrogens with one attached hydrogen (secondary N) is 2. The largest absolute Gasteiger partial charge is 0.480 e. The molecule has 0 bridgehead atoms. The van der Waals surface area contributed by atoms with Gasteiger partial charge < -0.3 is 21.5 Å². The number of hydrogen-bond donors (Lipinski definition) is 4. The maximum atomic E-state index is 11.7. The van der Waals surface area contributed by atoms with Crippen molar-refractivity contribution in [3.05, 3.63) is 0 Å². The van der Waals surface area contributed by atoms with Crippen molar-refractivity contribution < 1.29 is 19.5 Å². The van der Waals surface area contributed by atoms with Crippen LogP contribution in [0.1, 0.15) is 44.9 Å². The maximum absolute atomic E-state index is 11.7. The summed E-state index contributed by atoms with van der Waals surface area (Å²) in [6.45, 7) is 0.975. The number of primary amides is 1. The molecule has 1 aliphatic rings. The van der Waals surface area contributed by atoms with Crippen molar-refractivity contribution in [2.24, 2.45) is 5.73 Å². The average Bonchev–Trinajstić information content (AvgIpc) is 2.41. The van der Waals surface area contributed by atoms with E-state index >= 15 is 0 Å². The highest BCUT2D eigenvalue weighted by Crippen LogP contribution is 2.11. The third-order valence-corrected chi connectivity index (χ3v) is 3.44. The van der Waals surface area contributed by atoms with Crippen molar-refractivity contribution in [1.29, 1.82) is 0 Å². The normalized spacial score (nSPS) is 20.1. The molecular weight excluding hydrogens is 262 g/mol. The maximum Gasteiger partial charge on any atom is 0.326 e. The molecular formula is C13H23N3O4. The first kappa shape index (κ1) is 16.4. The Morgan fingerprint density at radius 2 is 2.05 bits per heavy atom. The van der Waals surface area contributed by atoms with Gasteiger partial charge in [0.05, 0.1) is 0 Å². The zero-order valence-corrected chi connectivity index (χ0v) is 11.6. The number of nitrogens with two attached hydrogens (primary N) is 1. The van der Waals surface area contributed by atoms with E-state index in [0.717, 1.165) is 25.8 Å². The minimum Gasteiger partial charge on any atom is -0.480 e. The molecule has 1 aliphatic heterocycles. The summed E-state index contributed by atoms with van der Waals surface area (Å²) in [4.78, 5) is 33.4. The van der Waals surface area contributed by atoms with Crippen LogP contribution < -0.4 is 16.4 Å². The first-order valence-electron chi connectivity index (χ1n) is 7.03. The molecule has 0 saturated carbocycles. The lowest BCUT2D eigenvalue weighted by Gasteiger charge is -2.23. The van der Waals surface area contributed by atoms with Crippen molar-refractivity contribution in [1.82, 2.24) is 10.6 Å². The fourth-order valence-corrected chi connectivity index (χ4v) is 2.29. The molecule has 0 radical (unpaired) electrons. The number of piperidine rings is 1. The van der Waals surface area contributed by atoms with Gasteiger partial charge in [-0.2, -0.15) is 0 Å². The molecule has 2 amide bonds. The predicted molar refractivity (Wildman–Crippen MR) is 72.9 cm³/mol. The summed E-state index contributed by atoms with van der Waals surface area (Å²) >= 11 is 0. The van der Waals surface area contributed by atoms with Gasteiger partial charge in [-0.25, -0.2) is 4.79 Å². The number of carbonyl (C=O) groups is 3. The Labute approximate surface area is 118 Å². The number of amides is 2. The van der Waals surface area contributed by atoms with Crippen molar-refractivity contribution in [2.75, 3.05) is 6.54 Å². The summed E-state index contributed by atoms with van der Waals surface area (Å²) in [7, 11) is 0. The smallest absolute Gasteiger partial charge is 0.326 e. The minimum absolute atomic E-state index is 0.0259. The predicted octanol–water partition coefficient (Wildman–Crippen LogP) is -0.256. The second-order valence-corrected chi connectivity index (χ2v) is 5.15. The quantitative estimate of drug-likeness (QED) is 0.489. The Morgan fingerprint density at radius 3 is 2.60 bits per heavy atom. The van der Waals surface area contributed by atoms with Crippen LogP contribution in [0.25, 0.3) is 0 Å². The highest BCUT2D eigenvalue weighted by atomic mass is 16.4. The Hall–Kier alpha value is -1.63. The van der Waals surface area contributed by atoms with Gasteiger partial charge in [-0.3, -0.25) is 9.59 Å². The van der Waals surface area contributed by atoms with Crippen molar-refractivity contribution in [3.8, 4) is 0 Å². The molecule has 7 nitrogen and oxygen atoms in total. The van der Waals surface area contributed by atoms with Crippen LogP contribution in [0, 0.1) is 0 Å². The van der Waals surface area contributed by atoms with Crippen molar-refractivity contribution in [2.45, 2.75) is 57.0 Å². The van der Waals surface area contributed by atoms with Gasteiger partial charge in [0.15, 0.2) is 0 Å². The Bertz CT molecular complexity index is 354. The summed E-state index contributed by atoms with van der Waals surface area (Å²) in [5, 5.41) is 14.7. The van der Waals surface area contributed by atoms with Crippen molar-refractivity contribution in [3.63, 3.8) is 0 Å². The number of aliphatic carboxylic acids is 1. The summed E-state index contributed by atoms with van der Waals surface area (Å²) in [5.74, 6) is -2.01. The number of carboxylic acid groups (broad SMARTS) is 1. The molecule has 1 heterocycles. The minimum atomic E-state index is -1.14. The van der Waals surface area contributed by atoms with Crippen LogP contribution in [0.15, 0.2) is 0 Å². The van der Waals surface area contributed by atoms with Crippen molar-refractivity contribution >= 4 is 17.8 Å². The van der Waals surface area contributed by atoms with Gasteiger partial charge in [0.2, 0.25) is 11.8 Å². The van der Waals surface area contributed by atoms with Crippen LogP contribution in [0.4, 0.5) is 0 Å². The zero-order chi connectivity index (χ0) is 15.0. The molecule has 2 atom stereocenters. The first-order valence-corrected chi connectivity index (χ1v) is 7.03. The highest BCUT2D eigenvalue weighted by molar-refractivity contribution is 5.84. The van der Waals surface area contributed by atoms with Gasteiger partial charge in [-0.1, -0.05) is 6.42 Å². The fraction of sp³-hybridized carbons (Fsp3) is 0.769. The summed E-state index contributed by atoms with van der Waals surface area (Å²) in [6.07, 6.45) is 4.34. The van der Waals surface area contributed by atoms with E-state index in [-0.39, 0.29) is 25.2 Å². The molecule has 20 heavy (non-hydrogen) atoms. The Kier molecular flexibility index (Phi) is 7.00. The lowest BCUT2D eigenvalue weighted by Crippen LogP contribution is -2.42. The number of rotatable bonds is 8. The van der Waals surface area contributed by atoms with E-state index in [2.05, 4.69) is 10.6 Å². The lowest BCUT2D eigenvalue weighted by atomic mass is 10.0. The van der Waals surface area contributed by atoms with Gasteiger partial charge in [-0.15, -0.1) is 0 Å². The van der Waals surface area contributed by atoms with Gasteiger partial charge in [0.1, 0.15) is 6.04 Å². The van der Waals surface area contributed by atoms with Gasteiger partial charge in [0.25, 0.3) is 0 Å². The van der Waals surface area contributed by atoms with Crippen LogP contribution in [0.3, 0.4) is 0 Å². The number of hydrogen-bond acceptors (Lipinski definition) is 4. The van der Waals surface area contributed by atoms with E-state index in [1.54, 1.807) is 0 Å². The molecule has 1 fully saturated rings. The standard InChI is InChI=1S/C13H23N3O4/c14-11(17)6-5-10(13(19)20)16-12(18)7-4-9-3-1-2-8-15-9/h9-10,15H,1-8H2,(H2,14,17)(H,16,18)(H,19,20)/t9?,10-/m0/s1. The summed E-state index contributed by atoms with van der Waals surface area (Å²) in [6, 6.07) is -0.710. The Balaban J connectivity index is 2.29. The molecule has 1 unspecified atom stereocenters. The van der Waals surface area contributed by atoms with Gasteiger partial charge in [-0.05, 0) is 32.2 Å². The van der Waals surface area contributed by atoms with E-state index in [9.17, 15) is 14.4 Å². The molecule has 5 N–H and O–H groups in total. The van der Waals surface area contributed by atoms with Crippen LogP contribution in [-0.2, 0) is 14.4 Å².